The van der Waals surface area contributed by atoms with E-state index in [-0.39, 0.29) is 11.2 Å². The summed E-state index contributed by atoms with van der Waals surface area (Å²) in [6.45, 7) is 5.52. The van der Waals surface area contributed by atoms with Gasteiger partial charge in [-0.2, -0.15) is 0 Å². The number of rotatable bonds is 5. The third-order valence-corrected chi connectivity index (χ3v) is 7.01. The maximum atomic E-state index is 13.5. The lowest BCUT2D eigenvalue weighted by Crippen LogP contribution is -2.33. The summed E-state index contributed by atoms with van der Waals surface area (Å²) in [6, 6.07) is 11.0. The number of hydrogen-bond donors (Lipinski definition) is 0. The zero-order valence-electron chi connectivity index (χ0n) is 15.5. The molecule has 1 heterocycles. The fourth-order valence-electron chi connectivity index (χ4n) is 3.38. The Balaban J connectivity index is 2.07. The highest BCUT2D eigenvalue weighted by Crippen LogP contribution is 2.47. The molecule has 2 aromatic carbocycles. The van der Waals surface area contributed by atoms with Gasteiger partial charge in [0.15, 0.2) is 0 Å². The van der Waals surface area contributed by atoms with Crippen LogP contribution >= 0.6 is 27.7 Å². The zero-order valence-corrected chi connectivity index (χ0v) is 17.9. The first kappa shape index (κ1) is 19.6. The number of anilines is 2. The van der Waals surface area contributed by atoms with Gasteiger partial charge in [-0.15, -0.1) is 11.8 Å². The monoisotopic (exact) mass is 437 g/mol. The number of ether oxygens (including phenoxy) is 1. The van der Waals surface area contributed by atoms with Crippen molar-refractivity contribution >= 4 is 39.1 Å². The van der Waals surface area contributed by atoms with Crippen LogP contribution in [0.3, 0.4) is 0 Å². The van der Waals surface area contributed by atoms with Gasteiger partial charge in [0, 0.05) is 22.9 Å². The van der Waals surface area contributed by atoms with Crippen molar-refractivity contribution in [2.24, 2.45) is 5.41 Å². The Morgan fingerprint density at radius 2 is 2.00 bits per heavy atom. The summed E-state index contributed by atoms with van der Waals surface area (Å²) in [7, 11) is 1.69. The van der Waals surface area contributed by atoms with E-state index in [9.17, 15) is 4.39 Å². The van der Waals surface area contributed by atoms with Gasteiger partial charge in [-0.3, -0.25) is 0 Å². The molecule has 1 aliphatic heterocycles. The zero-order chi connectivity index (χ0) is 18.7. The van der Waals surface area contributed by atoms with E-state index in [4.69, 9.17) is 4.74 Å². The Morgan fingerprint density at radius 3 is 2.65 bits per heavy atom. The van der Waals surface area contributed by atoms with E-state index in [0.29, 0.717) is 0 Å². The largest absolute Gasteiger partial charge is 0.496 e. The lowest BCUT2D eigenvalue weighted by molar-refractivity contribution is 0.343. The summed E-state index contributed by atoms with van der Waals surface area (Å²) in [4.78, 5) is 3.53. The molecule has 3 rings (SSSR count). The normalized spacial score (nSPS) is 19.8. The number of halogens is 2. The van der Waals surface area contributed by atoms with E-state index in [1.54, 1.807) is 7.11 Å². The highest BCUT2D eigenvalue weighted by atomic mass is 79.9. The van der Waals surface area contributed by atoms with E-state index in [1.165, 1.54) is 36.3 Å². The number of methoxy groups -OCH3 is 1. The van der Waals surface area contributed by atoms with E-state index in [2.05, 4.69) is 46.8 Å². The van der Waals surface area contributed by atoms with Crippen molar-refractivity contribution in [2.75, 3.05) is 24.3 Å². The van der Waals surface area contributed by atoms with Crippen LogP contribution in [-0.4, -0.2) is 19.4 Å². The minimum atomic E-state index is -0.206. The van der Waals surface area contributed by atoms with Crippen LogP contribution in [0, 0.1) is 11.2 Å². The summed E-state index contributed by atoms with van der Waals surface area (Å²) < 4.78 is 19.9. The molecule has 0 aliphatic carbocycles. The predicted octanol–water partition coefficient (Wildman–Crippen LogP) is 7.04. The Morgan fingerprint density at radius 1 is 1.27 bits per heavy atom. The second-order valence-corrected chi connectivity index (χ2v) is 9.09. The first-order chi connectivity index (χ1) is 12.5. The Kier molecular flexibility index (Phi) is 6.18. The van der Waals surface area contributed by atoms with Gasteiger partial charge in [0.1, 0.15) is 11.6 Å². The molecule has 1 aliphatic rings. The lowest BCUT2D eigenvalue weighted by atomic mass is 9.86. The quantitative estimate of drug-likeness (QED) is 0.497. The van der Waals surface area contributed by atoms with Crippen LogP contribution in [0.5, 0.6) is 5.75 Å². The number of benzene rings is 2. The molecule has 2 nitrogen and oxygen atoms in total. The van der Waals surface area contributed by atoms with E-state index >= 15 is 0 Å². The third kappa shape index (κ3) is 4.20. The fraction of sp³-hybridized carbons (Fsp3) is 0.429. The first-order valence-corrected chi connectivity index (χ1v) is 10.8. The molecule has 2 aromatic rings. The highest BCUT2D eigenvalue weighted by Gasteiger charge is 2.33. The van der Waals surface area contributed by atoms with E-state index in [0.717, 1.165) is 33.9 Å². The van der Waals surface area contributed by atoms with Crippen LogP contribution in [0.15, 0.2) is 45.8 Å². The van der Waals surface area contributed by atoms with Crippen molar-refractivity contribution in [2.45, 2.75) is 38.0 Å². The van der Waals surface area contributed by atoms with Gasteiger partial charge in [0.25, 0.3) is 0 Å². The van der Waals surface area contributed by atoms with E-state index < -0.39 is 0 Å². The topological polar surface area (TPSA) is 12.5 Å². The van der Waals surface area contributed by atoms with Gasteiger partial charge in [-0.05, 0) is 64.2 Å². The van der Waals surface area contributed by atoms with Crippen LogP contribution in [0.1, 0.15) is 33.1 Å². The Hall–Kier alpha value is -1.20. The van der Waals surface area contributed by atoms with Crippen LogP contribution in [0.4, 0.5) is 15.8 Å². The summed E-state index contributed by atoms with van der Waals surface area (Å²) in [5.41, 5.74) is 2.36. The summed E-state index contributed by atoms with van der Waals surface area (Å²) >= 11 is 5.51. The second kappa shape index (κ2) is 8.22. The molecule has 0 bridgehead atoms. The molecule has 0 saturated carbocycles. The maximum absolute atomic E-state index is 13.5. The van der Waals surface area contributed by atoms with Crippen molar-refractivity contribution < 1.29 is 9.13 Å². The van der Waals surface area contributed by atoms with Crippen LogP contribution in [0.25, 0.3) is 0 Å². The molecule has 26 heavy (non-hydrogen) atoms. The first-order valence-electron chi connectivity index (χ1n) is 8.99. The molecule has 0 saturated heterocycles. The summed E-state index contributed by atoms with van der Waals surface area (Å²) in [6.07, 6.45) is 3.60. The highest BCUT2D eigenvalue weighted by molar-refractivity contribution is 9.10. The van der Waals surface area contributed by atoms with Crippen LogP contribution < -0.4 is 9.64 Å². The van der Waals surface area contributed by atoms with Crippen molar-refractivity contribution in [1.29, 1.82) is 0 Å². The Labute approximate surface area is 168 Å². The molecule has 0 fully saturated rings. The molecular weight excluding hydrogens is 413 g/mol. The fourth-order valence-corrected chi connectivity index (χ4v) is 5.12. The molecule has 0 spiro atoms. The molecule has 140 valence electrons. The molecule has 0 aromatic heterocycles. The van der Waals surface area contributed by atoms with Gasteiger partial charge in [-0.1, -0.05) is 26.7 Å². The SMILES string of the molecule is CCCCC1(C)CSc2cc(OC)c(Br)cc2N(c2ccc(F)cc2)C1. The van der Waals surface area contributed by atoms with Gasteiger partial charge in [-0.25, -0.2) is 4.39 Å². The number of fused-ring (bicyclic) bond motifs is 1. The molecule has 0 N–H and O–H groups in total. The van der Waals surface area contributed by atoms with Crippen molar-refractivity contribution in [3.05, 3.63) is 46.7 Å². The minimum absolute atomic E-state index is 0.188. The molecule has 0 amide bonds. The van der Waals surface area contributed by atoms with Gasteiger partial charge in [0.2, 0.25) is 0 Å². The number of thioether (sulfide) groups is 1. The minimum Gasteiger partial charge on any atom is -0.496 e. The lowest BCUT2D eigenvalue weighted by Gasteiger charge is -2.34. The number of unbranched alkanes of at least 4 members (excludes halogenated alkanes) is 1. The van der Waals surface area contributed by atoms with Crippen molar-refractivity contribution in [3.63, 3.8) is 0 Å². The third-order valence-electron chi connectivity index (χ3n) is 4.91. The van der Waals surface area contributed by atoms with Gasteiger partial charge in [0.05, 0.1) is 17.3 Å². The van der Waals surface area contributed by atoms with Crippen LogP contribution in [-0.2, 0) is 0 Å². The summed E-state index contributed by atoms with van der Waals surface area (Å²) in [5, 5.41) is 0. The van der Waals surface area contributed by atoms with Gasteiger partial charge < -0.3 is 9.64 Å². The van der Waals surface area contributed by atoms with Gasteiger partial charge >= 0.3 is 0 Å². The molecule has 1 atom stereocenters. The average Bonchev–Trinajstić information content (AvgIpc) is 2.77. The number of nitrogens with zero attached hydrogens (tertiary/aromatic N) is 1. The molecule has 0 radical (unpaired) electrons. The molecule has 5 heteroatoms. The van der Waals surface area contributed by atoms with E-state index in [1.807, 2.05) is 23.9 Å². The average molecular weight is 438 g/mol. The summed E-state index contributed by atoms with van der Waals surface area (Å²) in [5.74, 6) is 1.69. The second-order valence-electron chi connectivity index (χ2n) is 7.22. The standard InChI is InChI=1S/C21H25BrFNOS/c1-4-5-10-21(2)13-24(16-8-6-15(23)7-9-16)18-11-17(22)19(25-3)12-20(18)26-14-21/h6-9,11-12H,4-5,10,13-14H2,1-3H3. The van der Waals surface area contributed by atoms with Crippen molar-refractivity contribution in [1.82, 2.24) is 0 Å². The maximum Gasteiger partial charge on any atom is 0.134 e. The smallest absolute Gasteiger partial charge is 0.134 e. The predicted molar refractivity (Wildman–Crippen MR) is 112 cm³/mol. The molecular formula is C21H25BrFNOS. The molecule has 1 unspecified atom stereocenters. The van der Waals surface area contributed by atoms with Crippen molar-refractivity contribution in [3.8, 4) is 5.75 Å². The van der Waals surface area contributed by atoms with Crippen LogP contribution in [0.2, 0.25) is 0 Å². The Bertz CT molecular complexity index is 767. The number of hydrogen-bond acceptors (Lipinski definition) is 3.